The normalized spacial score (nSPS) is 14.7. The molecule has 0 fully saturated rings. The fourth-order valence-corrected chi connectivity index (χ4v) is 2.58. The van der Waals surface area contributed by atoms with E-state index < -0.39 is 5.60 Å². The van der Waals surface area contributed by atoms with Gasteiger partial charge in [-0.1, -0.05) is 29.8 Å². The lowest BCUT2D eigenvalue weighted by atomic mass is 9.95. The summed E-state index contributed by atoms with van der Waals surface area (Å²) in [6.07, 6.45) is 0.602. The number of thiophene rings is 1. The van der Waals surface area contributed by atoms with Crippen LogP contribution >= 0.6 is 22.9 Å². The molecular formula is C13H13ClOS. The lowest BCUT2D eigenvalue weighted by Crippen LogP contribution is -2.22. The summed E-state index contributed by atoms with van der Waals surface area (Å²) in [6, 6.07) is 11.5. The van der Waals surface area contributed by atoms with Crippen molar-refractivity contribution in [3.63, 3.8) is 0 Å². The minimum Gasteiger partial charge on any atom is -0.384 e. The van der Waals surface area contributed by atoms with Crippen molar-refractivity contribution in [3.8, 4) is 0 Å². The Kier molecular flexibility index (Phi) is 3.33. The molecule has 1 N–H and O–H groups in total. The summed E-state index contributed by atoms with van der Waals surface area (Å²) >= 11 is 7.40. The fourth-order valence-electron chi connectivity index (χ4n) is 1.67. The molecule has 1 aromatic carbocycles. The Labute approximate surface area is 104 Å². The molecule has 0 amide bonds. The van der Waals surface area contributed by atoms with Crippen LogP contribution in [0.15, 0.2) is 41.8 Å². The molecule has 0 bridgehead atoms. The van der Waals surface area contributed by atoms with Gasteiger partial charge in [0.2, 0.25) is 0 Å². The highest BCUT2D eigenvalue weighted by atomic mass is 35.5. The quantitative estimate of drug-likeness (QED) is 0.880. The van der Waals surface area contributed by atoms with E-state index in [0.717, 1.165) is 15.5 Å². The molecule has 0 saturated heterocycles. The van der Waals surface area contributed by atoms with Crippen LogP contribution in [0.4, 0.5) is 0 Å². The maximum absolute atomic E-state index is 10.4. The zero-order valence-corrected chi connectivity index (χ0v) is 10.6. The van der Waals surface area contributed by atoms with Crippen molar-refractivity contribution in [2.24, 2.45) is 0 Å². The molecule has 0 aliphatic carbocycles. The summed E-state index contributed by atoms with van der Waals surface area (Å²) in [5.41, 5.74) is 0.282. The molecule has 0 spiro atoms. The zero-order valence-electron chi connectivity index (χ0n) is 8.98. The summed E-state index contributed by atoms with van der Waals surface area (Å²) in [6.45, 7) is 1.84. The van der Waals surface area contributed by atoms with Crippen molar-refractivity contribution in [1.29, 1.82) is 0 Å². The van der Waals surface area contributed by atoms with Gasteiger partial charge < -0.3 is 5.11 Å². The van der Waals surface area contributed by atoms with Crippen LogP contribution in [-0.2, 0) is 12.0 Å². The molecule has 2 aromatic rings. The molecule has 1 unspecified atom stereocenters. The van der Waals surface area contributed by atoms with Crippen LogP contribution in [-0.4, -0.2) is 5.11 Å². The molecule has 0 radical (unpaired) electrons. The van der Waals surface area contributed by atoms with Crippen molar-refractivity contribution in [2.75, 3.05) is 0 Å². The first-order valence-corrected chi connectivity index (χ1v) is 6.34. The molecule has 3 heteroatoms. The van der Waals surface area contributed by atoms with Crippen LogP contribution in [0.2, 0.25) is 5.02 Å². The van der Waals surface area contributed by atoms with Gasteiger partial charge in [0.25, 0.3) is 0 Å². The summed E-state index contributed by atoms with van der Waals surface area (Å²) in [5.74, 6) is 0. The highest BCUT2D eigenvalue weighted by Crippen LogP contribution is 2.29. The van der Waals surface area contributed by atoms with Gasteiger partial charge in [0, 0.05) is 16.3 Å². The number of hydrogen-bond donors (Lipinski definition) is 1. The van der Waals surface area contributed by atoms with Crippen LogP contribution in [0.3, 0.4) is 0 Å². The Balaban J connectivity index is 2.18. The van der Waals surface area contributed by atoms with E-state index in [9.17, 15) is 5.11 Å². The third-order valence-electron chi connectivity index (χ3n) is 2.51. The minimum absolute atomic E-state index is 0.602. The monoisotopic (exact) mass is 252 g/mol. The molecule has 1 heterocycles. The van der Waals surface area contributed by atoms with Crippen LogP contribution in [0, 0.1) is 0 Å². The van der Waals surface area contributed by atoms with Crippen molar-refractivity contribution in [2.45, 2.75) is 18.9 Å². The second kappa shape index (κ2) is 4.58. The summed E-state index contributed by atoms with van der Waals surface area (Å²) in [4.78, 5) is 0.988. The van der Waals surface area contributed by atoms with Gasteiger partial charge >= 0.3 is 0 Å². The molecule has 1 atom stereocenters. The lowest BCUT2D eigenvalue weighted by molar-refractivity contribution is 0.0615. The first kappa shape index (κ1) is 11.6. The van der Waals surface area contributed by atoms with E-state index in [4.69, 9.17) is 11.6 Å². The highest BCUT2D eigenvalue weighted by molar-refractivity contribution is 7.10. The van der Waals surface area contributed by atoms with Crippen molar-refractivity contribution >= 4 is 22.9 Å². The van der Waals surface area contributed by atoms with Crippen molar-refractivity contribution in [3.05, 3.63) is 57.2 Å². The molecule has 0 aliphatic rings. The molecular weight excluding hydrogens is 240 g/mol. The predicted molar refractivity (Wildman–Crippen MR) is 69.0 cm³/mol. The summed E-state index contributed by atoms with van der Waals surface area (Å²) in [7, 11) is 0. The molecule has 1 aromatic heterocycles. The minimum atomic E-state index is -0.804. The second-order valence-corrected chi connectivity index (χ2v) is 5.44. The number of benzene rings is 1. The Bertz CT molecular complexity index is 445. The summed E-state index contributed by atoms with van der Waals surface area (Å²) < 4.78 is 0. The smallest absolute Gasteiger partial charge is 0.0999 e. The van der Waals surface area contributed by atoms with E-state index in [-0.39, 0.29) is 0 Å². The fraction of sp³-hybridized carbons (Fsp3) is 0.231. The van der Waals surface area contributed by atoms with Gasteiger partial charge in [0.1, 0.15) is 0 Å². The molecule has 0 saturated carbocycles. The summed E-state index contributed by atoms with van der Waals surface area (Å²) in [5, 5.41) is 13.1. The van der Waals surface area contributed by atoms with E-state index in [0.29, 0.717) is 6.42 Å². The Morgan fingerprint density at radius 1 is 1.25 bits per heavy atom. The molecule has 16 heavy (non-hydrogen) atoms. The number of aliphatic hydroxyl groups is 1. The zero-order chi connectivity index (χ0) is 11.6. The molecule has 0 aliphatic heterocycles. The average molecular weight is 253 g/mol. The number of hydrogen-bond acceptors (Lipinski definition) is 2. The van der Waals surface area contributed by atoms with E-state index in [1.807, 2.05) is 48.7 Å². The SMILES string of the molecule is CC(O)(Cc1ccc(Cl)cc1)c1cccs1. The first-order valence-electron chi connectivity index (χ1n) is 5.09. The number of halogens is 1. The van der Waals surface area contributed by atoms with Crippen LogP contribution in [0.1, 0.15) is 17.4 Å². The third-order valence-corrected chi connectivity index (χ3v) is 3.89. The Hall–Kier alpha value is -0.830. The third kappa shape index (κ3) is 2.64. The standard InChI is InChI=1S/C13H13ClOS/c1-13(15,12-3-2-8-16-12)9-10-4-6-11(14)7-5-10/h2-8,15H,9H2,1H3. The second-order valence-electron chi connectivity index (χ2n) is 4.05. The van der Waals surface area contributed by atoms with Gasteiger partial charge in [-0.15, -0.1) is 11.3 Å². The first-order chi connectivity index (χ1) is 7.58. The predicted octanol–water partition coefficient (Wildman–Crippen LogP) is 3.85. The van der Waals surface area contributed by atoms with E-state index in [1.165, 1.54) is 0 Å². The van der Waals surface area contributed by atoms with Gasteiger partial charge in [-0.2, -0.15) is 0 Å². The van der Waals surface area contributed by atoms with Crippen LogP contribution in [0.25, 0.3) is 0 Å². The Morgan fingerprint density at radius 2 is 1.94 bits per heavy atom. The largest absolute Gasteiger partial charge is 0.384 e. The molecule has 1 nitrogen and oxygen atoms in total. The van der Waals surface area contributed by atoms with Crippen molar-refractivity contribution in [1.82, 2.24) is 0 Å². The average Bonchev–Trinajstić information content (AvgIpc) is 2.75. The molecule has 84 valence electrons. The maximum Gasteiger partial charge on any atom is 0.0999 e. The van der Waals surface area contributed by atoms with E-state index >= 15 is 0 Å². The van der Waals surface area contributed by atoms with Gasteiger partial charge in [-0.3, -0.25) is 0 Å². The lowest BCUT2D eigenvalue weighted by Gasteiger charge is -2.21. The van der Waals surface area contributed by atoms with Crippen molar-refractivity contribution < 1.29 is 5.11 Å². The van der Waals surface area contributed by atoms with E-state index in [1.54, 1.807) is 11.3 Å². The van der Waals surface area contributed by atoms with Gasteiger partial charge in [0.15, 0.2) is 0 Å². The topological polar surface area (TPSA) is 20.2 Å². The number of rotatable bonds is 3. The molecule has 2 rings (SSSR count). The highest BCUT2D eigenvalue weighted by Gasteiger charge is 2.24. The van der Waals surface area contributed by atoms with E-state index in [2.05, 4.69) is 0 Å². The van der Waals surface area contributed by atoms with Crippen LogP contribution < -0.4 is 0 Å². The van der Waals surface area contributed by atoms with Gasteiger partial charge in [0.05, 0.1) is 5.60 Å². The van der Waals surface area contributed by atoms with Gasteiger partial charge in [-0.05, 0) is 36.1 Å². The van der Waals surface area contributed by atoms with Crippen LogP contribution in [0.5, 0.6) is 0 Å². The Morgan fingerprint density at radius 3 is 2.50 bits per heavy atom. The maximum atomic E-state index is 10.4. The van der Waals surface area contributed by atoms with Gasteiger partial charge in [-0.25, -0.2) is 0 Å².